The first-order chi connectivity index (χ1) is 14.3. The van der Waals surface area contributed by atoms with Gasteiger partial charge < -0.3 is 10.2 Å². The van der Waals surface area contributed by atoms with Gasteiger partial charge in [-0.15, -0.1) is 0 Å². The number of thiazole rings is 1. The molecule has 1 aromatic heterocycles. The molecule has 0 spiro atoms. The number of halogens is 1. The first-order valence-corrected chi connectivity index (χ1v) is 10.6. The van der Waals surface area contributed by atoms with Gasteiger partial charge in [-0.1, -0.05) is 48.9 Å². The minimum atomic E-state index is -0.833. The number of hydrogen-bond acceptors (Lipinski definition) is 6. The molecule has 0 radical (unpaired) electrons. The van der Waals surface area contributed by atoms with Crippen molar-refractivity contribution in [1.29, 1.82) is 0 Å². The Hall–Kier alpha value is -2.90. The van der Waals surface area contributed by atoms with Gasteiger partial charge in [0.15, 0.2) is 16.7 Å². The van der Waals surface area contributed by atoms with Crippen molar-refractivity contribution in [3.05, 3.63) is 64.4 Å². The first kappa shape index (κ1) is 20.4. The maximum atomic E-state index is 13.1. The number of anilines is 1. The molecule has 1 aliphatic rings. The number of ketones is 1. The van der Waals surface area contributed by atoms with E-state index in [0.717, 1.165) is 4.70 Å². The van der Waals surface area contributed by atoms with Crippen LogP contribution in [0.2, 0.25) is 5.02 Å². The van der Waals surface area contributed by atoms with Crippen LogP contribution in [0.15, 0.2) is 53.8 Å². The fraction of sp³-hybridized carbons (Fsp3) is 0.227. The Kier molecular flexibility index (Phi) is 5.26. The van der Waals surface area contributed by atoms with E-state index in [1.807, 2.05) is 13.8 Å². The van der Waals surface area contributed by atoms with Gasteiger partial charge in [-0.2, -0.15) is 0 Å². The van der Waals surface area contributed by atoms with E-state index >= 15 is 0 Å². The molecule has 0 aliphatic carbocycles. The third-order valence-corrected chi connectivity index (χ3v) is 6.11. The number of rotatable bonds is 5. The number of aromatic hydroxyl groups is 1. The summed E-state index contributed by atoms with van der Waals surface area (Å²) in [6.07, 6.45) is 0.199. The van der Waals surface area contributed by atoms with E-state index in [1.54, 1.807) is 30.3 Å². The van der Waals surface area contributed by atoms with Crippen molar-refractivity contribution in [3.8, 4) is 5.75 Å². The summed E-state index contributed by atoms with van der Waals surface area (Å²) in [5.74, 6) is -1.40. The second-order valence-electron chi connectivity index (χ2n) is 7.56. The summed E-state index contributed by atoms with van der Waals surface area (Å²) >= 11 is 7.33. The Morgan fingerprint density at radius 2 is 1.90 bits per heavy atom. The lowest BCUT2D eigenvalue weighted by molar-refractivity contribution is -0.118. The van der Waals surface area contributed by atoms with Gasteiger partial charge in [-0.3, -0.25) is 14.5 Å². The van der Waals surface area contributed by atoms with Gasteiger partial charge in [-0.05, 0) is 41.8 Å². The number of benzene rings is 2. The molecule has 1 aliphatic heterocycles. The lowest BCUT2D eigenvalue weighted by Gasteiger charge is -2.24. The van der Waals surface area contributed by atoms with Crippen LogP contribution in [0.25, 0.3) is 10.2 Å². The van der Waals surface area contributed by atoms with Crippen LogP contribution < -0.4 is 4.90 Å². The number of hydrogen-bond donors (Lipinski definition) is 2. The van der Waals surface area contributed by atoms with Crippen LogP contribution in [-0.4, -0.2) is 26.9 Å². The zero-order chi connectivity index (χ0) is 21.6. The number of phenols is 1. The van der Waals surface area contributed by atoms with Crippen LogP contribution in [0.4, 0.5) is 5.13 Å². The van der Waals surface area contributed by atoms with Crippen molar-refractivity contribution in [1.82, 2.24) is 4.98 Å². The number of amides is 1. The highest BCUT2D eigenvalue weighted by atomic mass is 35.5. The van der Waals surface area contributed by atoms with E-state index < -0.39 is 17.7 Å². The van der Waals surface area contributed by atoms with Crippen LogP contribution in [0.5, 0.6) is 5.75 Å². The summed E-state index contributed by atoms with van der Waals surface area (Å²) in [7, 11) is 0. The zero-order valence-corrected chi connectivity index (χ0v) is 17.9. The second-order valence-corrected chi connectivity index (χ2v) is 9.01. The number of aliphatic hydroxyl groups excluding tert-OH is 1. The minimum absolute atomic E-state index is 0.0525. The van der Waals surface area contributed by atoms with Gasteiger partial charge in [-0.25, -0.2) is 4.98 Å². The van der Waals surface area contributed by atoms with Crippen LogP contribution in [0.1, 0.15) is 31.9 Å². The van der Waals surface area contributed by atoms with E-state index in [-0.39, 0.29) is 29.4 Å². The second kappa shape index (κ2) is 7.74. The molecule has 3 aromatic rings. The van der Waals surface area contributed by atoms with Gasteiger partial charge in [0.1, 0.15) is 5.75 Å². The lowest BCUT2D eigenvalue weighted by atomic mass is 9.92. The summed E-state index contributed by atoms with van der Waals surface area (Å²) < 4.78 is 0.788. The monoisotopic (exact) mass is 442 g/mol. The fourth-order valence-electron chi connectivity index (χ4n) is 3.53. The first-order valence-electron chi connectivity index (χ1n) is 9.41. The Bertz CT molecular complexity index is 1180. The Labute approximate surface area is 182 Å². The Morgan fingerprint density at radius 3 is 2.57 bits per heavy atom. The molecule has 0 saturated heterocycles. The number of carbonyl (C=O) groups excluding carboxylic acids is 2. The quantitative estimate of drug-likeness (QED) is 0.568. The normalized spacial score (nSPS) is 16.9. The number of phenolic OH excluding ortho intramolecular Hbond substituents is 1. The molecule has 8 heteroatoms. The van der Waals surface area contributed by atoms with Crippen molar-refractivity contribution in [2.45, 2.75) is 26.3 Å². The molecule has 0 saturated carbocycles. The van der Waals surface area contributed by atoms with E-state index in [2.05, 4.69) is 4.98 Å². The molecule has 30 heavy (non-hydrogen) atoms. The third-order valence-electron chi connectivity index (χ3n) is 4.86. The average molecular weight is 443 g/mol. The van der Waals surface area contributed by atoms with E-state index in [1.165, 1.54) is 28.4 Å². The van der Waals surface area contributed by atoms with Crippen LogP contribution in [0.3, 0.4) is 0 Å². The number of nitrogens with zero attached hydrogens (tertiary/aromatic N) is 2. The van der Waals surface area contributed by atoms with Gasteiger partial charge >= 0.3 is 0 Å². The summed E-state index contributed by atoms with van der Waals surface area (Å²) in [4.78, 5) is 31.9. The molecule has 6 nitrogen and oxygen atoms in total. The van der Waals surface area contributed by atoms with Crippen LogP contribution in [0, 0.1) is 5.92 Å². The van der Waals surface area contributed by atoms with Crippen molar-refractivity contribution in [3.63, 3.8) is 0 Å². The Balaban J connectivity index is 1.86. The Morgan fingerprint density at radius 1 is 1.20 bits per heavy atom. The van der Waals surface area contributed by atoms with Crippen molar-refractivity contribution < 1.29 is 19.8 Å². The average Bonchev–Trinajstić information content (AvgIpc) is 3.20. The molecule has 1 amide bonds. The summed E-state index contributed by atoms with van der Waals surface area (Å²) in [5, 5.41) is 21.2. The molecule has 1 atom stereocenters. The number of fused-ring (bicyclic) bond motifs is 1. The highest BCUT2D eigenvalue weighted by Gasteiger charge is 2.45. The maximum absolute atomic E-state index is 13.1. The van der Waals surface area contributed by atoms with E-state index in [9.17, 15) is 19.8 Å². The van der Waals surface area contributed by atoms with Gasteiger partial charge in [0.2, 0.25) is 0 Å². The zero-order valence-electron chi connectivity index (χ0n) is 16.3. The lowest BCUT2D eigenvalue weighted by Crippen LogP contribution is -2.31. The third kappa shape index (κ3) is 3.55. The number of Topliss-reactive ketones (excluding diaryl/α,β-unsaturated/α-hetero) is 1. The van der Waals surface area contributed by atoms with Crippen molar-refractivity contribution in [2.75, 3.05) is 4.90 Å². The highest BCUT2D eigenvalue weighted by Crippen LogP contribution is 2.44. The smallest absolute Gasteiger partial charge is 0.296 e. The summed E-state index contributed by atoms with van der Waals surface area (Å²) in [6.45, 7) is 3.80. The van der Waals surface area contributed by atoms with Crippen molar-refractivity contribution in [2.24, 2.45) is 5.92 Å². The highest BCUT2D eigenvalue weighted by molar-refractivity contribution is 7.22. The molecule has 2 aromatic carbocycles. The number of aromatic nitrogens is 1. The SMILES string of the molecule is CC(C)CC(=O)C1=C(O)C(=O)N(c2nc3ccc(Cl)cc3s2)C1c1ccc(O)cc1. The van der Waals surface area contributed by atoms with E-state index in [0.29, 0.717) is 21.2 Å². The molecule has 0 bridgehead atoms. The fourth-order valence-corrected chi connectivity index (χ4v) is 4.80. The van der Waals surface area contributed by atoms with Crippen LogP contribution in [-0.2, 0) is 9.59 Å². The predicted octanol–water partition coefficient (Wildman–Crippen LogP) is 5.17. The molecule has 154 valence electrons. The van der Waals surface area contributed by atoms with Crippen LogP contribution >= 0.6 is 22.9 Å². The van der Waals surface area contributed by atoms with Gasteiger partial charge in [0.05, 0.1) is 21.8 Å². The van der Waals surface area contributed by atoms with Gasteiger partial charge in [0.25, 0.3) is 5.91 Å². The summed E-state index contributed by atoms with van der Waals surface area (Å²) in [6, 6.07) is 10.6. The standard InChI is InChI=1S/C22H19ClN2O4S/c1-11(2)9-16(27)18-19(12-3-6-14(26)7-4-12)25(21(29)20(18)28)22-24-15-8-5-13(23)10-17(15)30-22/h3-8,10-11,19,26,28H,9H2,1-2H3. The summed E-state index contributed by atoms with van der Waals surface area (Å²) in [5.41, 5.74) is 1.31. The minimum Gasteiger partial charge on any atom is -0.508 e. The van der Waals surface area contributed by atoms with E-state index in [4.69, 9.17) is 11.6 Å². The molecule has 2 heterocycles. The largest absolute Gasteiger partial charge is 0.508 e. The van der Waals surface area contributed by atoms with Crippen molar-refractivity contribution >= 4 is 50.0 Å². The molecule has 1 unspecified atom stereocenters. The number of aliphatic hydroxyl groups is 1. The molecule has 2 N–H and O–H groups in total. The molecular weight excluding hydrogens is 424 g/mol. The maximum Gasteiger partial charge on any atom is 0.296 e. The molecule has 0 fully saturated rings. The topological polar surface area (TPSA) is 90.7 Å². The molecule has 4 rings (SSSR count). The molecular formula is C22H19ClN2O4S. The number of carbonyl (C=O) groups is 2. The van der Waals surface area contributed by atoms with Gasteiger partial charge in [0, 0.05) is 11.4 Å². The predicted molar refractivity (Wildman–Crippen MR) is 117 cm³/mol.